The molecule has 0 aromatic rings. The molecular weight excluding hydrogens is 338 g/mol. The van der Waals surface area contributed by atoms with Crippen molar-refractivity contribution in [2.75, 3.05) is 59.4 Å². The Kier molecular flexibility index (Phi) is 16.7. The van der Waals surface area contributed by atoms with Crippen molar-refractivity contribution in [1.82, 2.24) is 5.32 Å². The van der Waals surface area contributed by atoms with Gasteiger partial charge in [0.15, 0.2) is 0 Å². The van der Waals surface area contributed by atoms with Gasteiger partial charge in [-0.3, -0.25) is 9.59 Å². The largest absolute Gasteiger partial charge is 0.379 e. The molecule has 0 saturated carbocycles. The van der Waals surface area contributed by atoms with Crippen molar-refractivity contribution in [3.8, 4) is 0 Å². The zero-order valence-electron chi connectivity index (χ0n) is 16.9. The summed E-state index contributed by atoms with van der Waals surface area (Å²) in [6.07, 6.45) is 1.34. The van der Waals surface area contributed by atoms with Crippen molar-refractivity contribution in [3.05, 3.63) is 0 Å². The number of amides is 1. The van der Waals surface area contributed by atoms with Crippen LogP contribution < -0.4 is 5.32 Å². The number of ether oxygens (including phenoxy) is 4. The third-order valence-corrected chi connectivity index (χ3v) is 3.41. The number of Topliss-reactive ketones (excluding diaryl/α,β-unsaturated/α-hetero) is 1. The molecule has 7 nitrogen and oxygen atoms in total. The summed E-state index contributed by atoms with van der Waals surface area (Å²) in [4.78, 5) is 22.8. The minimum atomic E-state index is -0.101. The van der Waals surface area contributed by atoms with E-state index in [1.165, 1.54) is 0 Å². The van der Waals surface area contributed by atoms with Gasteiger partial charge in [0.25, 0.3) is 0 Å². The molecule has 0 aromatic carbocycles. The Morgan fingerprint density at radius 3 is 1.77 bits per heavy atom. The molecule has 0 aliphatic heterocycles. The highest BCUT2D eigenvalue weighted by atomic mass is 16.6. The highest BCUT2D eigenvalue weighted by Gasteiger charge is 2.06. The maximum atomic E-state index is 11.4. The smallest absolute Gasteiger partial charge is 0.246 e. The molecule has 0 aliphatic carbocycles. The molecule has 0 radical (unpaired) electrons. The van der Waals surface area contributed by atoms with E-state index in [4.69, 9.17) is 18.9 Å². The fourth-order valence-electron chi connectivity index (χ4n) is 1.83. The Balaban J connectivity index is 3.18. The number of hydrogen-bond acceptors (Lipinski definition) is 6. The summed E-state index contributed by atoms with van der Waals surface area (Å²) in [5.74, 6) is 0.713. The Morgan fingerprint density at radius 1 is 0.769 bits per heavy atom. The topological polar surface area (TPSA) is 83.1 Å². The van der Waals surface area contributed by atoms with E-state index in [1.807, 2.05) is 27.7 Å². The Labute approximate surface area is 158 Å². The van der Waals surface area contributed by atoms with Crippen LogP contribution in [0.4, 0.5) is 0 Å². The maximum absolute atomic E-state index is 11.4. The SMILES string of the molecule is CC(C)CNC(=O)COCCOCCOCCOCCCC(=O)C(C)C. The maximum Gasteiger partial charge on any atom is 0.246 e. The first-order valence-corrected chi connectivity index (χ1v) is 9.53. The van der Waals surface area contributed by atoms with Gasteiger partial charge in [0.05, 0.1) is 39.6 Å². The van der Waals surface area contributed by atoms with Gasteiger partial charge in [0.1, 0.15) is 12.4 Å². The quantitative estimate of drug-likeness (QED) is 0.368. The molecule has 0 bridgehead atoms. The Hall–Kier alpha value is -1.02. The van der Waals surface area contributed by atoms with E-state index in [9.17, 15) is 9.59 Å². The van der Waals surface area contributed by atoms with E-state index in [2.05, 4.69) is 5.32 Å². The Morgan fingerprint density at radius 2 is 1.27 bits per heavy atom. The van der Waals surface area contributed by atoms with Crippen LogP contribution in [0.2, 0.25) is 0 Å². The fraction of sp³-hybridized carbons (Fsp3) is 0.895. The van der Waals surface area contributed by atoms with Crippen molar-refractivity contribution < 1.29 is 28.5 Å². The second-order valence-electron chi connectivity index (χ2n) is 6.81. The summed E-state index contributed by atoms with van der Waals surface area (Å²) in [7, 11) is 0. The number of hydrogen-bond donors (Lipinski definition) is 1. The average molecular weight is 376 g/mol. The molecule has 0 fully saturated rings. The molecule has 0 aromatic heterocycles. The van der Waals surface area contributed by atoms with Gasteiger partial charge in [0, 0.05) is 25.5 Å². The highest BCUT2D eigenvalue weighted by Crippen LogP contribution is 2.01. The predicted molar refractivity (Wildman–Crippen MR) is 100 cm³/mol. The lowest BCUT2D eigenvalue weighted by molar-refractivity contribution is -0.126. The Bertz CT molecular complexity index is 360. The van der Waals surface area contributed by atoms with Crippen LogP contribution >= 0.6 is 0 Å². The first-order valence-electron chi connectivity index (χ1n) is 9.53. The lowest BCUT2D eigenvalue weighted by Gasteiger charge is -2.09. The minimum absolute atomic E-state index is 0.0622. The first-order chi connectivity index (χ1) is 12.4. The molecule has 7 heteroatoms. The van der Waals surface area contributed by atoms with E-state index in [0.717, 1.165) is 6.42 Å². The lowest BCUT2D eigenvalue weighted by Crippen LogP contribution is -2.31. The van der Waals surface area contributed by atoms with Crippen LogP contribution in [0.1, 0.15) is 40.5 Å². The minimum Gasteiger partial charge on any atom is -0.379 e. The van der Waals surface area contributed by atoms with Gasteiger partial charge >= 0.3 is 0 Å². The summed E-state index contributed by atoms with van der Waals surface area (Å²) in [6, 6.07) is 0. The van der Waals surface area contributed by atoms with E-state index in [1.54, 1.807) is 0 Å². The number of carbonyl (C=O) groups excluding carboxylic acids is 2. The molecule has 1 amide bonds. The normalized spacial score (nSPS) is 11.3. The zero-order valence-corrected chi connectivity index (χ0v) is 16.9. The fourth-order valence-corrected chi connectivity index (χ4v) is 1.83. The van der Waals surface area contributed by atoms with Crippen molar-refractivity contribution in [1.29, 1.82) is 0 Å². The highest BCUT2D eigenvalue weighted by molar-refractivity contribution is 5.80. The van der Waals surface area contributed by atoms with Gasteiger partial charge < -0.3 is 24.3 Å². The van der Waals surface area contributed by atoms with Gasteiger partial charge in [-0.05, 0) is 12.3 Å². The molecule has 0 aliphatic rings. The standard InChI is InChI=1S/C19H37NO6/c1-16(2)14-20-19(22)15-26-13-12-25-11-10-24-9-8-23-7-5-6-18(21)17(3)4/h16-17H,5-15H2,1-4H3,(H,20,22). The number of carbonyl (C=O) groups is 2. The monoisotopic (exact) mass is 375 g/mol. The molecule has 154 valence electrons. The molecule has 0 atom stereocenters. The summed E-state index contributed by atoms with van der Waals surface area (Å²) in [5.41, 5.74) is 0. The average Bonchev–Trinajstić information content (AvgIpc) is 2.59. The molecule has 0 unspecified atom stereocenters. The van der Waals surface area contributed by atoms with Crippen molar-refractivity contribution >= 4 is 11.7 Å². The van der Waals surface area contributed by atoms with Crippen LogP contribution in [0.15, 0.2) is 0 Å². The van der Waals surface area contributed by atoms with E-state index < -0.39 is 0 Å². The number of rotatable bonds is 18. The number of ketones is 1. The van der Waals surface area contributed by atoms with Crippen molar-refractivity contribution in [3.63, 3.8) is 0 Å². The van der Waals surface area contributed by atoms with Crippen LogP contribution in [0.3, 0.4) is 0 Å². The van der Waals surface area contributed by atoms with E-state index in [-0.39, 0.29) is 24.2 Å². The first kappa shape index (κ1) is 25.0. The van der Waals surface area contributed by atoms with Gasteiger partial charge in [-0.15, -0.1) is 0 Å². The summed E-state index contributed by atoms with van der Waals surface area (Å²) >= 11 is 0. The van der Waals surface area contributed by atoms with Crippen LogP contribution in [0.25, 0.3) is 0 Å². The van der Waals surface area contributed by atoms with Crippen LogP contribution in [0, 0.1) is 11.8 Å². The summed E-state index contributed by atoms with van der Waals surface area (Å²) in [5, 5.41) is 2.78. The molecule has 0 heterocycles. The molecule has 1 N–H and O–H groups in total. The van der Waals surface area contributed by atoms with Crippen molar-refractivity contribution in [2.24, 2.45) is 11.8 Å². The van der Waals surface area contributed by atoms with E-state index >= 15 is 0 Å². The van der Waals surface area contributed by atoms with Crippen LogP contribution in [-0.2, 0) is 28.5 Å². The predicted octanol–water partition coefficient (Wildman–Crippen LogP) is 1.83. The van der Waals surface area contributed by atoms with Crippen molar-refractivity contribution in [2.45, 2.75) is 40.5 Å². The molecular formula is C19H37NO6. The number of nitrogens with one attached hydrogen (secondary N) is 1. The third-order valence-electron chi connectivity index (χ3n) is 3.41. The van der Waals surface area contributed by atoms with E-state index in [0.29, 0.717) is 65.1 Å². The third kappa shape index (κ3) is 17.8. The lowest BCUT2D eigenvalue weighted by atomic mass is 10.1. The van der Waals surface area contributed by atoms with Gasteiger partial charge in [-0.1, -0.05) is 27.7 Å². The summed E-state index contributed by atoms with van der Waals surface area (Å²) in [6.45, 7) is 12.0. The van der Waals surface area contributed by atoms with Gasteiger partial charge in [0.2, 0.25) is 5.91 Å². The summed E-state index contributed by atoms with van der Waals surface area (Å²) < 4.78 is 21.3. The van der Waals surface area contributed by atoms with Gasteiger partial charge in [-0.2, -0.15) is 0 Å². The van der Waals surface area contributed by atoms with Crippen LogP contribution in [-0.4, -0.2) is 71.1 Å². The second-order valence-corrected chi connectivity index (χ2v) is 6.81. The molecule has 0 rings (SSSR count). The van der Waals surface area contributed by atoms with Crippen LogP contribution in [0.5, 0.6) is 0 Å². The zero-order chi connectivity index (χ0) is 19.6. The molecule has 26 heavy (non-hydrogen) atoms. The van der Waals surface area contributed by atoms with Gasteiger partial charge in [-0.25, -0.2) is 0 Å². The molecule has 0 saturated heterocycles. The second kappa shape index (κ2) is 17.4. The molecule has 0 spiro atoms.